The smallest absolute Gasteiger partial charge is 0.325 e. The number of aromatic nitrogens is 1. The zero-order chi connectivity index (χ0) is 18.1. The molecule has 5 nitrogen and oxygen atoms in total. The van der Waals surface area contributed by atoms with E-state index in [-0.39, 0.29) is 6.03 Å². The number of amides is 2. The van der Waals surface area contributed by atoms with Crippen molar-refractivity contribution < 1.29 is 9.21 Å². The molecule has 0 atom stereocenters. The molecule has 0 aliphatic carbocycles. The molecule has 0 unspecified atom stereocenters. The van der Waals surface area contributed by atoms with E-state index >= 15 is 0 Å². The lowest BCUT2D eigenvalue weighted by Gasteiger charge is -2.07. The van der Waals surface area contributed by atoms with Gasteiger partial charge < -0.3 is 9.73 Å². The Morgan fingerprint density at radius 1 is 1.04 bits per heavy atom. The zero-order valence-electron chi connectivity index (χ0n) is 14.4. The molecule has 0 saturated carbocycles. The van der Waals surface area contributed by atoms with Crippen LogP contribution in [0.25, 0.3) is 22.4 Å². The molecule has 0 radical (unpaired) electrons. The minimum Gasteiger partial charge on any atom is -0.454 e. The maximum atomic E-state index is 12.2. The van der Waals surface area contributed by atoms with Gasteiger partial charge in [-0.05, 0) is 49.2 Å². The summed E-state index contributed by atoms with van der Waals surface area (Å²) >= 11 is 1.36. The molecule has 6 heteroatoms. The molecule has 130 valence electrons. The number of fused-ring (bicyclic) bond motifs is 1. The molecule has 0 fully saturated rings. The SMILES string of the molecule is Cc1ccc(NC(=O)Nc2nc(-c3cc4ccccc4o3)cs2)cc1C. The van der Waals surface area contributed by atoms with Crippen LogP contribution < -0.4 is 10.6 Å². The van der Waals surface area contributed by atoms with Crippen molar-refractivity contribution in [1.82, 2.24) is 4.98 Å². The number of benzene rings is 2. The number of para-hydroxylation sites is 1. The fraction of sp³-hybridized carbons (Fsp3) is 0.100. The van der Waals surface area contributed by atoms with Gasteiger partial charge in [0.1, 0.15) is 11.3 Å². The molecule has 0 bridgehead atoms. The van der Waals surface area contributed by atoms with Crippen molar-refractivity contribution >= 4 is 39.2 Å². The average Bonchev–Trinajstić information content (AvgIpc) is 3.24. The van der Waals surface area contributed by atoms with Gasteiger partial charge in [0.2, 0.25) is 0 Å². The Morgan fingerprint density at radius 2 is 1.88 bits per heavy atom. The van der Waals surface area contributed by atoms with Gasteiger partial charge >= 0.3 is 6.03 Å². The van der Waals surface area contributed by atoms with E-state index in [2.05, 4.69) is 15.6 Å². The Bertz CT molecular complexity index is 1060. The van der Waals surface area contributed by atoms with E-state index in [1.54, 1.807) is 0 Å². The van der Waals surface area contributed by atoms with E-state index in [1.165, 1.54) is 16.9 Å². The van der Waals surface area contributed by atoms with Crippen LogP contribution in [0.2, 0.25) is 0 Å². The fourth-order valence-electron chi connectivity index (χ4n) is 2.63. The summed E-state index contributed by atoms with van der Waals surface area (Å²) < 4.78 is 5.81. The van der Waals surface area contributed by atoms with Crippen LogP contribution in [0.5, 0.6) is 0 Å². The van der Waals surface area contributed by atoms with Gasteiger partial charge in [-0.3, -0.25) is 5.32 Å². The van der Waals surface area contributed by atoms with Crippen molar-refractivity contribution in [3.63, 3.8) is 0 Å². The molecule has 0 spiro atoms. The first kappa shape index (κ1) is 16.4. The second kappa shape index (κ2) is 6.65. The number of aryl methyl sites for hydroxylation is 2. The minimum absolute atomic E-state index is 0.321. The number of thiazole rings is 1. The van der Waals surface area contributed by atoms with Crippen LogP contribution in [0.4, 0.5) is 15.6 Å². The highest BCUT2D eigenvalue weighted by atomic mass is 32.1. The van der Waals surface area contributed by atoms with Gasteiger partial charge in [-0.25, -0.2) is 9.78 Å². The number of furan rings is 1. The summed E-state index contributed by atoms with van der Waals surface area (Å²) in [5, 5.41) is 8.99. The minimum atomic E-state index is -0.321. The number of hydrogen-bond donors (Lipinski definition) is 2. The van der Waals surface area contributed by atoms with Crippen LogP contribution in [-0.2, 0) is 0 Å². The number of nitrogens with one attached hydrogen (secondary N) is 2. The van der Waals surface area contributed by atoms with Gasteiger partial charge in [0, 0.05) is 16.5 Å². The summed E-state index contributed by atoms with van der Waals surface area (Å²) in [4.78, 5) is 16.6. The first-order chi connectivity index (χ1) is 12.6. The van der Waals surface area contributed by atoms with Crippen LogP contribution in [0.3, 0.4) is 0 Å². The van der Waals surface area contributed by atoms with E-state index in [1.807, 2.05) is 67.8 Å². The molecule has 2 aromatic heterocycles. The quantitative estimate of drug-likeness (QED) is 0.482. The highest BCUT2D eigenvalue weighted by Gasteiger charge is 2.12. The monoisotopic (exact) mass is 363 g/mol. The maximum absolute atomic E-state index is 12.2. The van der Waals surface area contributed by atoms with Crippen LogP contribution >= 0.6 is 11.3 Å². The number of carbonyl (C=O) groups excluding carboxylic acids is 1. The Morgan fingerprint density at radius 3 is 2.69 bits per heavy atom. The normalized spacial score (nSPS) is 10.8. The predicted molar refractivity (Wildman–Crippen MR) is 106 cm³/mol. The molecular weight excluding hydrogens is 346 g/mol. The molecule has 2 aromatic carbocycles. The third-order valence-corrected chi connectivity index (χ3v) is 4.93. The van der Waals surface area contributed by atoms with Gasteiger partial charge in [0.25, 0.3) is 0 Å². The van der Waals surface area contributed by atoms with Gasteiger partial charge in [0.15, 0.2) is 10.9 Å². The topological polar surface area (TPSA) is 67.2 Å². The summed E-state index contributed by atoms with van der Waals surface area (Å²) in [6.45, 7) is 4.05. The summed E-state index contributed by atoms with van der Waals surface area (Å²) in [5.74, 6) is 0.685. The molecule has 4 rings (SSSR count). The van der Waals surface area contributed by atoms with Gasteiger partial charge in [-0.2, -0.15) is 0 Å². The molecule has 2 heterocycles. The summed E-state index contributed by atoms with van der Waals surface area (Å²) in [6, 6.07) is 15.2. The third kappa shape index (κ3) is 3.32. The number of rotatable bonds is 3. The summed E-state index contributed by atoms with van der Waals surface area (Å²) in [7, 11) is 0. The number of carbonyl (C=O) groups is 1. The van der Waals surface area contributed by atoms with Gasteiger partial charge in [-0.1, -0.05) is 24.3 Å². The number of hydrogen-bond acceptors (Lipinski definition) is 4. The van der Waals surface area contributed by atoms with Gasteiger partial charge in [0.05, 0.1) is 0 Å². The highest BCUT2D eigenvalue weighted by Crippen LogP contribution is 2.30. The molecule has 0 aliphatic rings. The van der Waals surface area contributed by atoms with Crippen molar-refractivity contribution in [2.45, 2.75) is 13.8 Å². The number of nitrogens with zero attached hydrogens (tertiary/aromatic N) is 1. The van der Waals surface area contributed by atoms with Crippen molar-refractivity contribution in [2.24, 2.45) is 0 Å². The Hall–Kier alpha value is -3.12. The van der Waals surface area contributed by atoms with E-state index in [0.29, 0.717) is 16.6 Å². The predicted octanol–water partition coefficient (Wildman–Crippen LogP) is 5.82. The fourth-order valence-corrected chi connectivity index (χ4v) is 3.33. The zero-order valence-corrected chi connectivity index (χ0v) is 15.2. The first-order valence-corrected chi connectivity index (χ1v) is 9.06. The van der Waals surface area contributed by atoms with Crippen LogP contribution in [0.15, 0.2) is 58.3 Å². The largest absolute Gasteiger partial charge is 0.454 e. The Balaban J connectivity index is 1.47. The average molecular weight is 363 g/mol. The number of urea groups is 1. The highest BCUT2D eigenvalue weighted by molar-refractivity contribution is 7.14. The van der Waals surface area contributed by atoms with E-state index < -0.39 is 0 Å². The Kier molecular flexibility index (Phi) is 4.18. The maximum Gasteiger partial charge on any atom is 0.325 e. The lowest BCUT2D eigenvalue weighted by molar-refractivity contribution is 0.262. The molecular formula is C20H17N3O2S. The molecule has 0 aliphatic heterocycles. The van der Waals surface area contributed by atoms with Crippen molar-refractivity contribution in [3.8, 4) is 11.5 Å². The molecule has 2 amide bonds. The molecule has 2 N–H and O–H groups in total. The van der Waals surface area contributed by atoms with Crippen LogP contribution in [-0.4, -0.2) is 11.0 Å². The van der Waals surface area contributed by atoms with Crippen molar-refractivity contribution in [2.75, 3.05) is 10.6 Å². The van der Waals surface area contributed by atoms with E-state index in [9.17, 15) is 4.79 Å². The van der Waals surface area contributed by atoms with Crippen molar-refractivity contribution in [3.05, 3.63) is 65.0 Å². The number of anilines is 2. The summed E-state index contributed by atoms with van der Waals surface area (Å²) in [6.07, 6.45) is 0. The van der Waals surface area contributed by atoms with E-state index in [0.717, 1.165) is 22.2 Å². The summed E-state index contributed by atoms with van der Waals surface area (Å²) in [5.41, 5.74) is 4.58. The molecule has 26 heavy (non-hydrogen) atoms. The lowest BCUT2D eigenvalue weighted by atomic mass is 10.1. The second-order valence-electron chi connectivity index (χ2n) is 6.06. The van der Waals surface area contributed by atoms with Gasteiger partial charge in [-0.15, -0.1) is 11.3 Å². The standard InChI is InChI=1S/C20H17N3O2S/c1-12-7-8-15(9-13(12)2)21-19(24)23-20-22-16(11-26-20)18-10-14-5-3-4-6-17(14)25-18/h3-11H,1-2H3,(H2,21,22,23,24). The van der Waals surface area contributed by atoms with E-state index in [4.69, 9.17) is 4.42 Å². The van der Waals surface area contributed by atoms with Crippen molar-refractivity contribution in [1.29, 1.82) is 0 Å². The first-order valence-electron chi connectivity index (χ1n) is 8.18. The third-order valence-electron chi connectivity index (χ3n) is 4.17. The van der Waals surface area contributed by atoms with Crippen LogP contribution in [0, 0.1) is 13.8 Å². The van der Waals surface area contributed by atoms with Crippen LogP contribution in [0.1, 0.15) is 11.1 Å². The molecule has 4 aromatic rings. The molecule has 0 saturated heterocycles. The Labute approximate surface area is 154 Å². The lowest BCUT2D eigenvalue weighted by Crippen LogP contribution is -2.19. The second-order valence-corrected chi connectivity index (χ2v) is 6.92.